The Morgan fingerprint density at radius 1 is 1.10 bits per heavy atom. The van der Waals surface area contributed by atoms with Gasteiger partial charge in [-0.3, -0.25) is 9.88 Å². The molecule has 0 bridgehead atoms. The molecular weight excluding hydrogens is 258 g/mol. The van der Waals surface area contributed by atoms with Gasteiger partial charge in [0.1, 0.15) is 0 Å². The Morgan fingerprint density at radius 3 is 2.38 bits per heavy atom. The summed E-state index contributed by atoms with van der Waals surface area (Å²) in [6.07, 6.45) is 3.71. The number of rotatable bonds is 7. The highest BCUT2D eigenvalue weighted by atomic mass is 15.2. The summed E-state index contributed by atoms with van der Waals surface area (Å²) in [5, 5.41) is 3.61. The molecule has 1 aromatic heterocycles. The average molecular weight is 283 g/mol. The first-order chi connectivity index (χ1) is 10.2. The van der Waals surface area contributed by atoms with Crippen molar-refractivity contribution in [3.63, 3.8) is 0 Å². The summed E-state index contributed by atoms with van der Waals surface area (Å²) in [4.78, 5) is 6.46. The van der Waals surface area contributed by atoms with Crippen LogP contribution in [0.25, 0.3) is 0 Å². The van der Waals surface area contributed by atoms with Crippen molar-refractivity contribution in [1.29, 1.82) is 0 Å². The van der Waals surface area contributed by atoms with E-state index in [0.717, 1.165) is 13.1 Å². The van der Waals surface area contributed by atoms with Crippen LogP contribution in [-0.4, -0.2) is 29.5 Å². The van der Waals surface area contributed by atoms with Crippen LogP contribution >= 0.6 is 0 Å². The number of pyridine rings is 1. The third-order valence-corrected chi connectivity index (χ3v) is 3.94. The van der Waals surface area contributed by atoms with E-state index in [1.165, 1.54) is 11.1 Å². The monoisotopic (exact) mass is 283 g/mol. The van der Waals surface area contributed by atoms with Crippen molar-refractivity contribution in [2.24, 2.45) is 0 Å². The molecule has 0 saturated heterocycles. The molecule has 2 unspecified atom stereocenters. The lowest BCUT2D eigenvalue weighted by Gasteiger charge is -2.33. The molecule has 0 radical (unpaired) electrons. The highest BCUT2D eigenvalue weighted by Gasteiger charge is 2.21. The van der Waals surface area contributed by atoms with Crippen molar-refractivity contribution < 1.29 is 0 Å². The van der Waals surface area contributed by atoms with Crippen molar-refractivity contribution >= 4 is 0 Å². The molecule has 0 aliphatic heterocycles. The molecular formula is C18H25N3. The van der Waals surface area contributed by atoms with Crippen molar-refractivity contribution in [1.82, 2.24) is 15.2 Å². The third kappa shape index (κ3) is 4.38. The molecule has 1 heterocycles. The molecule has 112 valence electrons. The predicted octanol–water partition coefficient (Wildman–Crippen LogP) is 3.25. The van der Waals surface area contributed by atoms with Crippen LogP contribution in [0.3, 0.4) is 0 Å². The molecule has 0 saturated carbocycles. The fraction of sp³-hybridized carbons (Fsp3) is 0.389. The topological polar surface area (TPSA) is 28.2 Å². The largest absolute Gasteiger partial charge is 0.309 e. The van der Waals surface area contributed by atoms with Gasteiger partial charge in [0.15, 0.2) is 0 Å². The van der Waals surface area contributed by atoms with Crippen LogP contribution in [0.15, 0.2) is 54.9 Å². The van der Waals surface area contributed by atoms with Crippen LogP contribution in [0.5, 0.6) is 0 Å². The standard InChI is InChI=1S/C18H25N3/c1-4-20-18(17-8-6-5-7-9-17)15(2)21(3)14-16-10-12-19-13-11-16/h5-13,15,18,20H,4,14H2,1-3H3. The SMILES string of the molecule is CCNC(c1ccccc1)C(C)N(C)Cc1ccncc1. The van der Waals surface area contributed by atoms with Crippen molar-refractivity contribution in [2.45, 2.75) is 32.5 Å². The lowest BCUT2D eigenvalue weighted by atomic mass is 9.99. The van der Waals surface area contributed by atoms with E-state index in [9.17, 15) is 0 Å². The molecule has 2 aromatic rings. The third-order valence-electron chi connectivity index (χ3n) is 3.94. The highest BCUT2D eigenvalue weighted by molar-refractivity contribution is 5.20. The second-order valence-corrected chi connectivity index (χ2v) is 5.46. The van der Waals surface area contributed by atoms with Gasteiger partial charge in [-0.25, -0.2) is 0 Å². The molecule has 1 N–H and O–H groups in total. The Labute approximate surface area is 128 Å². The van der Waals surface area contributed by atoms with Gasteiger partial charge in [-0.15, -0.1) is 0 Å². The number of likely N-dealkylation sites (N-methyl/N-ethyl adjacent to an activating group) is 2. The zero-order valence-electron chi connectivity index (χ0n) is 13.2. The maximum atomic E-state index is 4.08. The summed E-state index contributed by atoms with van der Waals surface area (Å²) in [5.74, 6) is 0. The van der Waals surface area contributed by atoms with E-state index >= 15 is 0 Å². The Kier molecular flexibility index (Phi) is 5.90. The number of nitrogens with one attached hydrogen (secondary N) is 1. The van der Waals surface area contributed by atoms with E-state index in [1.807, 2.05) is 12.4 Å². The average Bonchev–Trinajstić information content (AvgIpc) is 2.53. The lowest BCUT2D eigenvalue weighted by Crippen LogP contribution is -2.40. The summed E-state index contributed by atoms with van der Waals surface area (Å²) in [5.41, 5.74) is 2.64. The van der Waals surface area contributed by atoms with Crippen LogP contribution in [0.2, 0.25) is 0 Å². The number of hydrogen-bond acceptors (Lipinski definition) is 3. The zero-order valence-corrected chi connectivity index (χ0v) is 13.2. The fourth-order valence-electron chi connectivity index (χ4n) is 2.62. The maximum Gasteiger partial charge on any atom is 0.0475 e. The summed E-state index contributed by atoms with van der Waals surface area (Å²) < 4.78 is 0. The van der Waals surface area contributed by atoms with Gasteiger partial charge < -0.3 is 5.32 Å². The van der Waals surface area contributed by atoms with Crippen LogP contribution < -0.4 is 5.32 Å². The number of nitrogens with zero attached hydrogens (tertiary/aromatic N) is 2. The smallest absolute Gasteiger partial charge is 0.0475 e. The minimum Gasteiger partial charge on any atom is -0.309 e. The van der Waals surface area contributed by atoms with Gasteiger partial charge in [-0.1, -0.05) is 37.3 Å². The summed E-state index contributed by atoms with van der Waals surface area (Å²) in [6, 6.07) is 15.6. The van der Waals surface area contributed by atoms with Crippen molar-refractivity contribution in [2.75, 3.05) is 13.6 Å². The highest BCUT2D eigenvalue weighted by Crippen LogP contribution is 2.21. The normalized spacial score (nSPS) is 14.1. The molecule has 21 heavy (non-hydrogen) atoms. The summed E-state index contributed by atoms with van der Waals surface area (Å²) in [7, 11) is 2.18. The van der Waals surface area contributed by atoms with Gasteiger partial charge >= 0.3 is 0 Å². The molecule has 2 rings (SSSR count). The van der Waals surface area contributed by atoms with Crippen LogP contribution in [0, 0.1) is 0 Å². The number of aromatic nitrogens is 1. The lowest BCUT2D eigenvalue weighted by molar-refractivity contribution is 0.200. The first-order valence-electron chi connectivity index (χ1n) is 7.59. The quantitative estimate of drug-likeness (QED) is 0.845. The molecule has 3 nitrogen and oxygen atoms in total. The molecule has 0 aliphatic rings. The minimum atomic E-state index is 0.336. The van der Waals surface area contributed by atoms with E-state index in [2.05, 4.69) is 78.6 Å². The summed E-state index contributed by atoms with van der Waals surface area (Å²) >= 11 is 0. The van der Waals surface area contributed by atoms with Crippen molar-refractivity contribution in [3.05, 3.63) is 66.0 Å². The first kappa shape index (κ1) is 15.7. The van der Waals surface area contributed by atoms with Crippen LogP contribution in [0.1, 0.15) is 31.0 Å². The van der Waals surface area contributed by atoms with Gasteiger partial charge in [0.05, 0.1) is 0 Å². The molecule has 3 heteroatoms. The molecule has 0 amide bonds. The van der Waals surface area contributed by atoms with Gasteiger partial charge in [0.2, 0.25) is 0 Å². The number of benzene rings is 1. The molecule has 0 spiro atoms. The van der Waals surface area contributed by atoms with E-state index in [4.69, 9.17) is 0 Å². The Morgan fingerprint density at radius 2 is 1.76 bits per heavy atom. The van der Waals surface area contributed by atoms with Crippen molar-refractivity contribution in [3.8, 4) is 0 Å². The van der Waals surface area contributed by atoms with E-state index < -0.39 is 0 Å². The second kappa shape index (κ2) is 7.91. The second-order valence-electron chi connectivity index (χ2n) is 5.46. The van der Waals surface area contributed by atoms with E-state index in [-0.39, 0.29) is 0 Å². The Balaban J connectivity index is 2.09. The Bertz CT molecular complexity index is 513. The molecule has 0 fully saturated rings. The fourth-order valence-corrected chi connectivity index (χ4v) is 2.62. The van der Waals surface area contributed by atoms with E-state index in [1.54, 1.807) is 0 Å². The minimum absolute atomic E-state index is 0.336. The van der Waals surface area contributed by atoms with Gasteiger partial charge in [0, 0.05) is 31.0 Å². The molecule has 0 aliphatic carbocycles. The maximum absolute atomic E-state index is 4.08. The number of hydrogen-bond donors (Lipinski definition) is 1. The van der Waals surface area contributed by atoms with E-state index in [0.29, 0.717) is 12.1 Å². The van der Waals surface area contributed by atoms with Gasteiger partial charge in [-0.2, -0.15) is 0 Å². The van der Waals surface area contributed by atoms with Crippen LogP contribution in [0.4, 0.5) is 0 Å². The molecule has 2 atom stereocenters. The summed E-state index contributed by atoms with van der Waals surface area (Å²) in [6.45, 7) is 6.33. The Hall–Kier alpha value is -1.71. The zero-order chi connectivity index (χ0) is 15.1. The van der Waals surface area contributed by atoms with Crippen LogP contribution in [-0.2, 0) is 6.54 Å². The van der Waals surface area contributed by atoms with Gasteiger partial charge in [0.25, 0.3) is 0 Å². The predicted molar refractivity (Wildman–Crippen MR) is 88.0 cm³/mol. The molecule has 1 aromatic carbocycles. The first-order valence-corrected chi connectivity index (χ1v) is 7.59. The van der Waals surface area contributed by atoms with Gasteiger partial charge in [-0.05, 0) is 43.8 Å².